The quantitative estimate of drug-likeness (QED) is 0.854. The van der Waals surface area contributed by atoms with Crippen LogP contribution >= 0.6 is 11.8 Å². The number of ether oxygens (including phenoxy) is 1. The molecule has 2 aromatic carbocycles. The number of carbonyl (C=O) groups is 1. The summed E-state index contributed by atoms with van der Waals surface area (Å²) in [5, 5.41) is 0. The van der Waals surface area contributed by atoms with Gasteiger partial charge in [0.1, 0.15) is 19.0 Å². The van der Waals surface area contributed by atoms with Crippen molar-refractivity contribution in [3.8, 4) is 5.75 Å². The predicted molar refractivity (Wildman–Crippen MR) is 89.8 cm³/mol. The monoisotopic (exact) mass is 331 g/mol. The molecule has 1 aliphatic heterocycles. The van der Waals surface area contributed by atoms with Crippen LogP contribution in [-0.2, 0) is 6.54 Å². The summed E-state index contributed by atoms with van der Waals surface area (Å²) in [6.07, 6.45) is 0. The fourth-order valence-corrected chi connectivity index (χ4v) is 3.61. The van der Waals surface area contributed by atoms with Crippen molar-refractivity contribution >= 4 is 17.7 Å². The van der Waals surface area contributed by atoms with E-state index in [9.17, 15) is 9.18 Å². The molecular formula is C18H18FNO2S. The first-order chi connectivity index (χ1) is 11.3. The Morgan fingerprint density at radius 1 is 1.17 bits per heavy atom. The van der Waals surface area contributed by atoms with Crippen LogP contribution in [0.5, 0.6) is 5.75 Å². The van der Waals surface area contributed by atoms with Crippen LogP contribution in [0.3, 0.4) is 0 Å². The molecule has 0 radical (unpaired) electrons. The van der Waals surface area contributed by atoms with E-state index in [1.54, 1.807) is 36.0 Å². The van der Waals surface area contributed by atoms with Crippen molar-refractivity contribution in [2.75, 3.05) is 25.6 Å². The predicted octanol–water partition coefficient (Wildman–Crippen LogP) is 3.78. The number of thioether (sulfide) groups is 1. The number of hydrogen-bond acceptors (Lipinski definition) is 3. The SMILES string of the molecule is O=C(c1ccccc1OCCF)N1CCSc2ccccc2C1. The van der Waals surface area contributed by atoms with Crippen molar-refractivity contribution in [3.63, 3.8) is 0 Å². The molecule has 1 aliphatic rings. The van der Waals surface area contributed by atoms with E-state index in [-0.39, 0.29) is 12.5 Å². The summed E-state index contributed by atoms with van der Waals surface area (Å²) in [6.45, 7) is 0.647. The second kappa shape index (κ2) is 7.51. The molecule has 1 heterocycles. The molecule has 5 heteroatoms. The third kappa shape index (κ3) is 3.67. The molecule has 0 aliphatic carbocycles. The Labute approximate surface area is 139 Å². The average molecular weight is 331 g/mol. The van der Waals surface area contributed by atoms with Crippen LogP contribution in [0, 0.1) is 0 Å². The zero-order valence-corrected chi connectivity index (χ0v) is 13.5. The highest BCUT2D eigenvalue weighted by Crippen LogP contribution is 2.29. The van der Waals surface area contributed by atoms with Crippen molar-refractivity contribution in [2.45, 2.75) is 11.4 Å². The molecule has 120 valence electrons. The smallest absolute Gasteiger partial charge is 0.257 e. The molecule has 3 rings (SSSR count). The molecule has 1 amide bonds. The molecule has 2 aromatic rings. The standard InChI is InChI=1S/C18H18FNO2S/c19-9-11-22-16-7-3-2-6-15(16)18(21)20-10-12-23-17-8-4-1-5-14(17)13-20/h1-8H,9-13H2. The van der Waals surface area contributed by atoms with Crippen LogP contribution in [0.1, 0.15) is 15.9 Å². The number of amides is 1. The van der Waals surface area contributed by atoms with Crippen LogP contribution < -0.4 is 4.74 Å². The lowest BCUT2D eigenvalue weighted by atomic mass is 10.1. The zero-order chi connectivity index (χ0) is 16.1. The highest BCUT2D eigenvalue weighted by molar-refractivity contribution is 7.99. The van der Waals surface area contributed by atoms with Crippen LogP contribution in [0.2, 0.25) is 0 Å². The lowest BCUT2D eigenvalue weighted by Gasteiger charge is -2.22. The van der Waals surface area contributed by atoms with E-state index in [4.69, 9.17) is 4.74 Å². The summed E-state index contributed by atoms with van der Waals surface area (Å²) in [5.41, 5.74) is 1.65. The average Bonchev–Trinajstić information content (AvgIpc) is 2.82. The summed E-state index contributed by atoms with van der Waals surface area (Å²) in [4.78, 5) is 15.9. The van der Waals surface area contributed by atoms with Crippen molar-refractivity contribution in [2.24, 2.45) is 0 Å². The minimum absolute atomic E-state index is 0.0387. The number of benzene rings is 2. The maximum absolute atomic E-state index is 12.9. The Morgan fingerprint density at radius 3 is 2.83 bits per heavy atom. The summed E-state index contributed by atoms with van der Waals surface area (Å²) in [7, 11) is 0. The van der Waals surface area contributed by atoms with Gasteiger partial charge in [0.25, 0.3) is 5.91 Å². The van der Waals surface area contributed by atoms with E-state index in [1.807, 2.05) is 17.0 Å². The molecule has 0 bridgehead atoms. The minimum atomic E-state index is -0.573. The topological polar surface area (TPSA) is 29.5 Å². The van der Waals surface area contributed by atoms with E-state index < -0.39 is 6.67 Å². The Kier molecular flexibility index (Phi) is 5.18. The Bertz CT molecular complexity index is 692. The lowest BCUT2D eigenvalue weighted by molar-refractivity contribution is 0.0749. The van der Waals surface area contributed by atoms with Gasteiger partial charge in [-0.15, -0.1) is 11.8 Å². The number of carbonyl (C=O) groups excluding carboxylic acids is 1. The third-order valence-electron chi connectivity index (χ3n) is 3.69. The number of hydrogen-bond donors (Lipinski definition) is 0. The van der Waals surface area contributed by atoms with Gasteiger partial charge < -0.3 is 9.64 Å². The van der Waals surface area contributed by atoms with Gasteiger partial charge in [0.05, 0.1) is 5.56 Å². The van der Waals surface area contributed by atoms with Gasteiger partial charge in [-0.3, -0.25) is 4.79 Å². The second-order valence-corrected chi connectivity index (χ2v) is 6.35. The highest BCUT2D eigenvalue weighted by atomic mass is 32.2. The summed E-state index contributed by atoms with van der Waals surface area (Å²) < 4.78 is 17.7. The zero-order valence-electron chi connectivity index (χ0n) is 12.7. The molecule has 23 heavy (non-hydrogen) atoms. The Hall–Kier alpha value is -2.01. The molecule has 0 atom stereocenters. The number of fused-ring (bicyclic) bond motifs is 1. The highest BCUT2D eigenvalue weighted by Gasteiger charge is 2.22. The van der Waals surface area contributed by atoms with Crippen molar-refractivity contribution < 1.29 is 13.9 Å². The number of halogens is 1. The maximum atomic E-state index is 12.9. The normalized spacial score (nSPS) is 14.0. The van der Waals surface area contributed by atoms with E-state index in [1.165, 1.54) is 4.90 Å². The van der Waals surface area contributed by atoms with E-state index in [2.05, 4.69) is 12.1 Å². The van der Waals surface area contributed by atoms with Crippen LogP contribution in [0.15, 0.2) is 53.4 Å². The van der Waals surface area contributed by atoms with Gasteiger partial charge in [-0.1, -0.05) is 30.3 Å². The van der Waals surface area contributed by atoms with E-state index >= 15 is 0 Å². The van der Waals surface area contributed by atoms with Crippen LogP contribution in [-0.4, -0.2) is 36.4 Å². The minimum Gasteiger partial charge on any atom is -0.490 e. The van der Waals surface area contributed by atoms with Gasteiger partial charge in [-0.05, 0) is 23.8 Å². The van der Waals surface area contributed by atoms with Crippen molar-refractivity contribution in [1.29, 1.82) is 0 Å². The fraction of sp³-hybridized carbons (Fsp3) is 0.278. The second-order valence-electron chi connectivity index (χ2n) is 5.22. The largest absolute Gasteiger partial charge is 0.490 e. The maximum Gasteiger partial charge on any atom is 0.257 e. The third-order valence-corrected chi connectivity index (χ3v) is 4.79. The van der Waals surface area contributed by atoms with Gasteiger partial charge in [-0.25, -0.2) is 4.39 Å². The molecule has 3 nitrogen and oxygen atoms in total. The molecule has 0 fully saturated rings. The lowest BCUT2D eigenvalue weighted by Crippen LogP contribution is -2.32. The molecule has 0 unspecified atom stereocenters. The number of rotatable bonds is 4. The van der Waals surface area contributed by atoms with Gasteiger partial charge in [-0.2, -0.15) is 0 Å². The Balaban J connectivity index is 1.83. The van der Waals surface area contributed by atoms with E-state index in [0.29, 0.717) is 24.4 Å². The Morgan fingerprint density at radius 2 is 1.96 bits per heavy atom. The van der Waals surface area contributed by atoms with Crippen LogP contribution in [0.4, 0.5) is 4.39 Å². The van der Waals surface area contributed by atoms with Gasteiger partial charge in [0, 0.05) is 23.7 Å². The summed E-state index contributed by atoms with van der Waals surface area (Å²) in [6, 6.07) is 15.2. The first kappa shape index (κ1) is 15.9. The number of para-hydroxylation sites is 1. The summed E-state index contributed by atoms with van der Waals surface area (Å²) >= 11 is 1.77. The van der Waals surface area contributed by atoms with Gasteiger partial charge >= 0.3 is 0 Å². The van der Waals surface area contributed by atoms with Crippen molar-refractivity contribution in [3.05, 3.63) is 59.7 Å². The molecule has 0 saturated carbocycles. The molecule has 0 N–H and O–H groups in total. The molecule has 0 spiro atoms. The van der Waals surface area contributed by atoms with Crippen LogP contribution in [0.25, 0.3) is 0 Å². The first-order valence-corrected chi connectivity index (χ1v) is 8.56. The van der Waals surface area contributed by atoms with E-state index in [0.717, 1.165) is 11.3 Å². The van der Waals surface area contributed by atoms with Gasteiger partial charge in [0.15, 0.2) is 0 Å². The first-order valence-electron chi connectivity index (χ1n) is 7.57. The fourth-order valence-electron chi connectivity index (χ4n) is 2.59. The molecule has 0 saturated heterocycles. The van der Waals surface area contributed by atoms with Gasteiger partial charge in [0.2, 0.25) is 0 Å². The molecular weight excluding hydrogens is 313 g/mol. The molecule has 0 aromatic heterocycles. The number of nitrogens with zero attached hydrogens (tertiary/aromatic N) is 1. The number of alkyl halides is 1. The van der Waals surface area contributed by atoms with Crippen molar-refractivity contribution in [1.82, 2.24) is 4.90 Å². The summed E-state index contributed by atoms with van der Waals surface area (Å²) in [5.74, 6) is 1.23.